The van der Waals surface area contributed by atoms with E-state index in [2.05, 4.69) is 9.24 Å². The molecule has 0 spiro atoms. The average molecular weight is 159 g/mol. The summed E-state index contributed by atoms with van der Waals surface area (Å²) in [5.41, 5.74) is 0. The summed E-state index contributed by atoms with van der Waals surface area (Å²) in [4.78, 5) is 13.3. The van der Waals surface area contributed by atoms with Crippen molar-refractivity contribution in [2.75, 3.05) is 13.1 Å². The van der Waals surface area contributed by atoms with E-state index in [1.807, 2.05) is 18.7 Å². The smallest absolute Gasteiger partial charge is 0.232 e. The van der Waals surface area contributed by atoms with Crippen LogP contribution >= 0.6 is 9.24 Å². The molecule has 10 heavy (non-hydrogen) atoms. The van der Waals surface area contributed by atoms with Crippen LogP contribution in [0.15, 0.2) is 0 Å². The fraction of sp³-hybridized carbons (Fsp3) is 0.857. The van der Waals surface area contributed by atoms with Gasteiger partial charge < -0.3 is 4.90 Å². The SMILES string of the molecule is CCN1CCC(C)(P)C1=O. The summed E-state index contributed by atoms with van der Waals surface area (Å²) < 4.78 is 0. The average Bonchev–Trinajstić information content (AvgIpc) is 2.10. The van der Waals surface area contributed by atoms with Crippen LogP contribution in [0.2, 0.25) is 0 Å². The molecule has 2 unspecified atom stereocenters. The predicted octanol–water partition coefficient (Wildman–Crippen LogP) is 0.872. The van der Waals surface area contributed by atoms with Crippen molar-refractivity contribution < 1.29 is 4.79 Å². The van der Waals surface area contributed by atoms with Gasteiger partial charge in [0.2, 0.25) is 5.91 Å². The molecular weight excluding hydrogens is 145 g/mol. The summed E-state index contributed by atoms with van der Waals surface area (Å²) in [6.07, 6.45) is 0.977. The van der Waals surface area contributed by atoms with Gasteiger partial charge in [-0.05, 0) is 20.3 Å². The molecule has 1 heterocycles. The number of nitrogens with zero attached hydrogens (tertiary/aromatic N) is 1. The molecular formula is C7H14NOP. The van der Waals surface area contributed by atoms with Crippen molar-refractivity contribution in [2.24, 2.45) is 0 Å². The topological polar surface area (TPSA) is 20.3 Å². The number of rotatable bonds is 1. The van der Waals surface area contributed by atoms with Gasteiger partial charge in [0.1, 0.15) is 0 Å². The van der Waals surface area contributed by atoms with E-state index in [9.17, 15) is 4.79 Å². The number of hydrogen-bond acceptors (Lipinski definition) is 1. The molecule has 0 radical (unpaired) electrons. The number of carbonyl (C=O) groups is 1. The van der Waals surface area contributed by atoms with E-state index < -0.39 is 0 Å². The first-order valence-corrected chi connectivity index (χ1v) is 4.24. The van der Waals surface area contributed by atoms with Crippen molar-refractivity contribution in [3.63, 3.8) is 0 Å². The molecule has 0 aromatic carbocycles. The molecule has 0 aromatic heterocycles. The van der Waals surface area contributed by atoms with Gasteiger partial charge in [0.15, 0.2) is 0 Å². The summed E-state index contributed by atoms with van der Waals surface area (Å²) in [5.74, 6) is 0.278. The highest BCUT2D eigenvalue weighted by molar-refractivity contribution is 7.21. The van der Waals surface area contributed by atoms with Crippen molar-refractivity contribution >= 4 is 15.1 Å². The number of hydrogen-bond donors (Lipinski definition) is 0. The lowest BCUT2D eigenvalue weighted by Crippen LogP contribution is -2.32. The zero-order valence-corrected chi connectivity index (χ0v) is 7.71. The lowest BCUT2D eigenvalue weighted by atomic mass is 10.1. The molecule has 1 aliphatic heterocycles. The van der Waals surface area contributed by atoms with Crippen molar-refractivity contribution in [3.05, 3.63) is 0 Å². The van der Waals surface area contributed by atoms with Crippen molar-refractivity contribution in [1.82, 2.24) is 4.90 Å². The maximum atomic E-state index is 11.4. The maximum absolute atomic E-state index is 11.4. The van der Waals surface area contributed by atoms with Crippen LogP contribution in [0.5, 0.6) is 0 Å². The third-order valence-corrected chi connectivity index (χ3v) is 2.59. The molecule has 2 nitrogen and oxygen atoms in total. The second-order valence-electron chi connectivity index (χ2n) is 3.05. The summed E-state index contributed by atoms with van der Waals surface area (Å²) in [7, 11) is 2.63. The van der Waals surface area contributed by atoms with Crippen LogP contribution in [0, 0.1) is 0 Å². The third kappa shape index (κ3) is 1.17. The predicted molar refractivity (Wildman–Crippen MR) is 45.0 cm³/mol. The van der Waals surface area contributed by atoms with Crippen molar-refractivity contribution in [1.29, 1.82) is 0 Å². The first-order chi connectivity index (χ1) is 4.58. The quantitative estimate of drug-likeness (QED) is 0.520. The third-order valence-electron chi connectivity index (χ3n) is 2.06. The molecule has 0 N–H and O–H groups in total. The van der Waals surface area contributed by atoms with Crippen LogP contribution in [0.3, 0.4) is 0 Å². The first-order valence-electron chi connectivity index (χ1n) is 3.66. The molecule has 58 valence electrons. The lowest BCUT2D eigenvalue weighted by molar-refractivity contribution is -0.129. The normalized spacial score (nSPS) is 33.5. The Hall–Kier alpha value is -0.100. The Kier molecular flexibility index (Phi) is 2.00. The molecule has 0 saturated carbocycles. The number of likely N-dealkylation sites (tertiary alicyclic amines) is 1. The van der Waals surface area contributed by atoms with Gasteiger partial charge >= 0.3 is 0 Å². The van der Waals surface area contributed by atoms with Gasteiger partial charge in [-0.3, -0.25) is 4.79 Å². The highest BCUT2D eigenvalue weighted by Crippen LogP contribution is 2.30. The Bertz CT molecular complexity index is 156. The minimum atomic E-state index is -0.171. The Morgan fingerprint density at radius 3 is 2.60 bits per heavy atom. The van der Waals surface area contributed by atoms with Crippen LogP contribution < -0.4 is 0 Å². The molecule has 3 heteroatoms. The minimum Gasteiger partial charge on any atom is -0.342 e. The molecule has 0 aromatic rings. The largest absolute Gasteiger partial charge is 0.342 e. The fourth-order valence-corrected chi connectivity index (χ4v) is 1.55. The highest BCUT2D eigenvalue weighted by atomic mass is 31.0. The maximum Gasteiger partial charge on any atom is 0.232 e. The summed E-state index contributed by atoms with van der Waals surface area (Å²) in [6.45, 7) is 5.78. The molecule has 1 rings (SSSR count). The Balaban J connectivity index is 2.67. The number of amides is 1. The first kappa shape index (κ1) is 8.00. The minimum absolute atomic E-state index is 0.171. The number of carbonyl (C=O) groups excluding carboxylic acids is 1. The van der Waals surface area contributed by atoms with Gasteiger partial charge in [-0.25, -0.2) is 0 Å². The Morgan fingerprint density at radius 1 is 1.80 bits per heavy atom. The van der Waals surface area contributed by atoms with Gasteiger partial charge in [-0.2, -0.15) is 0 Å². The van der Waals surface area contributed by atoms with E-state index in [1.54, 1.807) is 0 Å². The fourth-order valence-electron chi connectivity index (χ4n) is 1.24. The molecule has 0 bridgehead atoms. The van der Waals surface area contributed by atoms with E-state index in [4.69, 9.17) is 0 Å². The zero-order chi connectivity index (χ0) is 7.78. The van der Waals surface area contributed by atoms with Crippen molar-refractivity contribution in [2.45, 2.75) is 25.4 Å². The van der Waals surface area contributed by atoms with E-state index in [0.717, 1.165) is 19.5 Å². The van der Waals surface area contributed by atoms with Gasteiger partial charge in [0, 0.05) is 13.1 Å². The van der Waals surface area contributed by atoms with E-state index in [0.29, 0.717) is 0 Å². The van der Waals surface area contributed by atoms with Crippen molar-refractivity contribution in [3.8, 4) is 0 Å². The van der Waals surface area contributed by atoms with E-state index in [1.165, 1.54) is 0 Å². The molecule has 1 aliphatic rings. The van der Waals surface area contributed by atoms with E-state index in [-0.39, 0.29) is 11.1 Å². The van der Waals surface area contributed by atoms with Gasteiger partial charge in [-0.15, -0.1) is 9.24 Å². The second-order valence-corrected chi connectivity index (χ2v) is 4.33. The van der Waals surface area contributed by atoms with Gasteiger partial charge in [0.05, 0.1) is 5.16 Å². The summed E-state index contributed by atoms with van der Waals surface area (Å²) in [5, 5.41) is -0.171. The molecule has 2 atom stereocenters. The second kappa shape index (κ2) is 2.50. The Morgan fingerprint density at radius 2 is 2.40 bits per heavy atom. The van der Waals surface area contributed by atoms with Gasteiger partial charge in [-0.1, -0.05) is 0 Å². The molecule has 1 saturated heterocycles. The van der Waals surface area contributed by atoms with Gasteiger partial charge in [0.25, 0.3) is 0 Å². The summed E-state index contributed by atoms with van der Waals surface area (Å²) >= 11 is 0. The van der Waals surface area contributed by atoms with Crippen LogP contribution in [0.25, 0.3) is 0 Å². The molecule has 1 amide bonds. The monoisotopic (exact) mass is 159 g/mol. The molecule has 1 fully saturated rings. The lowest BCUT2D eigenvalue weighted by Gasteiger charge is -2.16. The van der Waals surface area contributed by atoms with Crippen LogP contribution in [0.4, 0.5) is 0 Å². The highest BCUT2D eigenvalue weighted by Gasteiger charge is 2.37. The standard InChI is InChI=1S/C7H14NOP/c1-3-8-5-4-7(2,10)6(8)9/h3-5,10H2,1-2H3. The summed E-state index contributed by atoms with van der Waals surface area (Å²) in [6, 6.07) is 0. The Labute approximate surface area is 64.2 Å². The zero-order valence-electron chi connectivity index (χ0n) is 6.55. The van der Waals surface area contributed by atoms with Crippen LogP contribution in [-0.2, 0) is 4.79 Å². The van der Waals surface area contributed by atoms with Crippen LogP contribution in [-0.4, -0.2) is 29.1 Å². The molecule has 0 aliphatic carbocycles. The van der Waals surface area contributed by atoms with Crippen LogP contribution in [0.1, 0.15) is 20.3 Å². The van der Waals surface area contributed by atoms with E-state index >= 15 is 0 Å².